The third-order valence-corrected chi connectivity index (χ3v) is 2.86. The van der Waals surface area contributed by atoms with Gasteiger partial charge in [0.05, 0.1) is 12.7 Å². The van der Waals surface area contributed by atoms with Crippen molar-refractivity contribution in [2.75, 3.05) is 12.8 Å². The normalized spacial score (nSPS) is 10.2. The smallest absolute Gasteiger partial charge is 0.340 e. The van der Waals surface area contributed by atoms with Gasteiger partial charge in [0.15, 0.2) is 0 Å². The van der Waals surface area contributed by atoms with Crippen LogP contribution in [0.25, 0.3) is 0 Å². The Hall–Kier alpha value is -2.49. The van der Waals surface area contributed by atoms with Gasteiger partial charge in [0.25, 0.3) is 0 Å². The molecule has 0 heterocycles. The van der Waals surface area contributed by atoms with Crippen molar-refractivity contribution in [3.63, 3.8) is 0 Å². The molecule has 0 amide bonds. The summed E-state index contributed by atoms with van der Waals surface area (Å²) < 4.78 is 10.5. The number of rotatable bonds is 3. The highest BCUT2D eigenvalue weighted by Crippen LogP contribution is 2.27. The third-order valence-electron chi connectivity index (χ3n) is 2.86. The number of anilines is 1. The Morgan fingerprint density at radius 2 is 1.65 bits per heavy atom. The number of hydrogen-bond acceptors (Lipinski definition) is 4. The quantitative estimate of drug-likeness (QED) is 0.686. The van der Waals surface area contributed by atoms with Gasteiger partial charge in [-0.3, -0.25) is 0 Å². The lowest BCUT2D eigenvalue weighted by molar-refractivity contribution is 0.0601. The predicted molar refractivity (Wildman–Crippen MR) is 78.2 cm³/mol. The summed E-state index contributed by atoms with van der Waals surface area (Å²) in [5.41, 5.74) is 8.65. The van der Waals surface area contributed by atoms with Gasteiger partial charge in [-0.1, -0.05) is 6.07 Å². The van der Waals surface area contributed by atoms with Crippen molar-refractivity contribution in [1.29, 1.82) is 0 Å². The molecule has 2 aromatic rings. The van der Waals surface area contributed by atoms with Gasteiger partial charge in [0.1, 0.15) is 11.5 Å². The molecule has 0 aliphatic heterocycles. The van der Waals surface area contributed by atoms with Gasteiger partial charge in [-0.05, 0) is 55.3 Å². The molecule has 0 radical (unpaired) electrons. The number of nitrogen functional groups attached to an aromatic ring is 1. The van der Waals surface area contributed by atoms with Gasteiger partial charge in [-0.25, -0.2) is 4.79 Å². The predicted octanol–water partition coefficient (Wildman–Crippen LogP) is 3.46. The molecule has 0 spiro atoms. The van der Waals surface area contributed by atoms with E-state index >= 15 is 0 Å². The standard InChI is InChI=1S/C16H17NO3/c1-10-6-11(2)8-13(7-10)20-12-4-5-15(17)14(9-12)16(18)19-3/h4-9H,17H2,1-3H3. The molecule has 2 aromatic carbocycles. The maximum absolute atomic E-state index is 11.6. The lowest BCUT2D eigenvalue weighted by Gasteiger charge is -2.10. The average Bonchev–Trinajstić information content (AvgIpc) is 2.39. The summed E-state index contributed by atoms with van der Waals surface area (Å²) in [7, 11) is 1.32. The average molecular weight is 271 g/mol. The summed E-state index contributed by atoms with van der Waals surface area (Å²) in [4.78, 5) is 11.6. The molecular weight excluding hydrogens is 254 g/mol. The van der Waals surface area contributed by atoms with Crippen LogP contribution in [0.4, 0.5) is 5.69 Å². The van der Waals surface area contributed by atoms with Crippen molar-refractivity contribution in [2.24, 2.45) is 0 Å². The van der Waals surface area contributed by atoms with Crippen LogP contribution >= 0.6 is 0 Å². The van der Waals surface area contributed by atoms with Crippen LogP contribution in [-0.4, -0.2) is 13.1 Å². The molecule has 4 nitrogen and oxygen atoms in total. The first kappa shape index (κ1) is 13.9. The number of benzene rings is 2. The van der Waals surface area contributed by atoms with Gasteiger partial charge >= 0.3 is 5.97 Å². The van der Waals surface area contributed by atoms with Crippen LogP contribution in [0.1, 0.15) is 21.5 Å². The van der Waals surface area contributed by atoms with E-state index in [9.17, 15) is 4.79 Å². The van der Waals surface area contributed by atoms with E-state index in [0.29, 0.717) is 17.0 Å². The second kappa shape index (κ2) is 5.65. The molecular formula is C16H17NO3. The largest absolute Gasteiger partial charge is 0.465 e. The highest BCUT2D eigenvalue weighted by atomic mass is 16.5. The van der Waals surface area contributed by atoms with Crippen LogP contribution in [-0.2, 0) is 4.74 Å². The maximum atomic E-state index is 11.6. The number of methoxy groups -OCH3 is 1. The molecule has 0 fully saturated rings. The highest BCUT2D eigenvalue weighted by Gasteiger charge is 2.11. The lowest BCUT2D eigenvalue weighted by Crippen LogP contribution is -2.05. The molecule has 0 aliphatic rings. The van der Waals surface area contributed by atoms with E-state index in [4.69, 9.17) is 10.5 Å². The van der Waals surface area contributed by atoms with Crippen molar-refractivity contribution in [1.82, 2.24) is 0 Å². The lowest BCUT2D eigenvalue weighted by atomic mass is 10.1. The van der Waals surface area contributed by atoms with Crippen molar-refractivity contribution in [3.8, 4) is 11.5 Å². The molecule has 2 rings (SSSR count). The Morgan fingerprint density at radius 3 is 2.25 bits per heavy atom. The molecule has 4 heteroatoms. The number of hydrogen-bond donors (Lipinski definition) is 1. The number of esters is 1. The summed E-state index contributed by atoms with van der Waals surface area (Å²) in [5.74, 6) is 0.793. The first-order valence-corrected chi connectivity index (χ1v) is 6.23. The fourth-order valence-electron chi connectivity index (χ4n) is 2.01. The zero-order chi connectivity index (χ0) is 14.7. The van der Waals surface area contributed by atoms with E-state index in [2.05, 4.69) is 10.8 Å². The Morgan fingerprint density at radius 1 is 1.00 bits per heavy atom. The van der Waals surface area contributed by atoms with E-state index in [1.54, 1.807) is 18.2 Å². The topological polar surface area (TPSA) is 61.5 Å². The zero-order valence-corrected chi connectivity index (χ0v) is 11.8. The number of carbonyl (C=O) groups excluding carboxylic acids is 1. The summed E-state index contributed by atoms with van der Waals surface area (Å²) in [6, 6.07) is 10.9. The summed E-state index contributed by atoms with van der Waals surface area (Å²) in [6.45, 7) is 4.01. The first-order chi connectivity index (χ1) is 9.49. The van der Waals surface area contributed by atoms with Gasteiger partial charge in [-0.2, -0.15) is 0 Å². The molecule has 0 unspecified atom stereocenters. The second-order valence-corrected chi connectivity index (χ2v) is 4.67. The van der Waals surface area contributed by atoms with E-state index in [1.807, 2.05) is 26.0 Å². The Labute approximate surface area is 118 Å². The van der Waals surface area contributed by atoms with E-state index in [1.165, 1.54) is 7.11 Å². The maximum Gasteiger partial charge on any atom is 0.340 e. The Balaban J connectivity index is 2.32. The molecule has 0 saturated heterocycles. The Bertz CT molecular complexity index is 630. The van der Waals surface area contributed by atoms with Crippen LogP contribution in [0.2, 0.25) is 0 Å². The fraction of sp³-hybridized carbons (Fsp3) is 0.188. The Kier molecular flexibility index (Phi) is 3.94. The van der Waals surface area contributed by atoms with Crippen LogP contribution < -0.4 is 10.5 Å². The number of aryl methyl sites for hydroxylation is 2. The minimum Gasteiger partial charge on any atom is -0.465 e. The molecule has 0 saturated carbocycles. The van der Waals surface area contributed by atoms with E-state index in [-0.39, 0.29) is 0 Å². The molecule has 0 aromatic heterocycles. The van der Waals surface area contributed by atoms with Gasteiger partial charge in [0.2, 0.25) is 0 Å². The van der Waals surface area contributed by atoms with Gasteiger partial charge in [0, 0.05) is 5.69 Å². The molecule has 2 N–H and O–H groups in total. The van der Waals surface area contributed by atoms with Crippen LogP contribution in [0.3, 0.4) is 0 Å². The van der Waals surface area contributed by atoms with Crippen molar-refractivity contribution < 1.29 is 14.3 Å². The molecule has 0 bridgehead atoms. The van der Waals surface area contributed by atoms with Crippen molar-refractivity contribution in [3.05, 3.63) is 53.1 Å². The number of carbonyl (C=O) groups is 1. The highest BCUT2D eigenvalue weighted by molar-refractivity contribution is 5.95. The molecule has 0 aliphatic carbocycles. The summed E-state index contributed by atoms with van der Waals surface area (Å²) in [5, 5.41) is 0. The van der Waals surface area contributed by atoms with Crippen LogP contribution in [0.15, 0.2) is 36.4 Å². The minimum absolute atomic E-state index is 0.300. The first-order valence-electron chi connectivity index (χ1n) is 6.23. The van der Waals surface area contributed by atoms with E-state index in [0.717, 1.165) is 16.9 Å². The van der Waals surface area contributed by atoms with Crippen molar-refractivity contribution in [2.45, 2.75) is 13.8 Å². The molecule has 104 valence electrons. The van der Waals surface area contributed by atoms with Gasteiger partial charge < -0.3 is 15.2 Å². The number of nitrogens with two attached hydrogens (primary N) is 1. The minimum atomic E-state index is -0.478. The van der Waals surface area contributed by atoms with Gasteiger partial charge in [-0.15, -0.1) is 0 Å². The zero-order valence-electron chi connectivity index (χ0n) is 11.8. The summed E-state index contributed by atoms with van der Waals surface area (Å²) >= 11 is 0. The van der Waals surface area contributed by atoms with Crippen molar-refractivity contribution >= 4 is 11.7 Å². The molecule has 20 heavy (non-hydrogen) atoms. The molecule has 0 atom stereocenters. The SMILES string of the molecule is COC(=O)c1cc(Oc2cc(C)cc(C)c2)ccc1N. The van der Waals surface area contributed by atoms with E-state index < -0.39 is 5.97 Å². The van der Waals surface area contributed by atoms with Crippen LogP contribution in [0.5, 0.6) is 11.5 Å². The fourth-order valence-corrected chi connectivity index (χ4v) is 2.01. The number of ether oxygens (including phenoxy) is 2. The monoisotopic (exact) mass is 271 g/mol. The summed E-state index contributed by atoms with van der Waals surface area (Å²) in [6.07, 6.45) is 0. The second-order valence-electron chi connectivity index (χ2n) is 4.67. The van der Waals surface area contributed by atoms with Crippen LogP contribution in [0, 0.1) is 13.8 Å². The third kappa shape index (κ3) is 3.09.